The van der Waals surface area contributed by atoms with Crippen molar-refractivity contribution >= 4 is 15.9 Å². The first kappa shape index (κ1) is 13.2. The van der Waals surface area contributed by atoms with Crippen molar-refractivity contribution in [3.63, 3.8) is 0 Å². The molecule has 0 aliphatic heterocycles. The first-order chi connectivity index (χ1) is 8.58. The number of halogens is 1. The highest BCUT2D eigenvalue weighted by molar-refractivity contribution is 9.10. The zero-order valence-electron chi connectivity index (χ0n) is 10.5. The number of hydrogen-bond acceptors (Lipinski definition) is 3. The molecule has 0 atom stereocenters. The van der Waals surface area contributed by atoms with Crippen LogP contribution in [0.25, 0.3) is 0 Å². The highest BCUT2D eigenvalue weighted by atomic mass is 79.9. The average molecular weight is 306 g/mol. The summed E-state index contributed by atoms with van der Waals surface area (Å²) < 4.78 is 1.10. The summed E-state index contributed by atoms with van der Waals surface area (Å²) in [5.74, 6) is 0. The van der Waals surface area contributed by atoms with Crippen molar-refractivity contribution in [2.75, 3.05) is 0 Å². The van der Waals surface area contributed by atoms with E-state index in [9.17, 15) is 0 Å². The molecule has 2 rings (SSSR count). The van der Waals surface area contributed by atoms with Gasteiger partial charge in [-0.2, -0.15) is 0 Å². The van der Waals surface area contributed by atoms with Gasteiger partial charge >= 0.3 is 0 Å². The Morgan fingerprint density at radius 3 is 2.33 bits per heavy atom. The van der Waals surface area contributed by atoms with Crippen molar-refractivity contribution in [1.29, 1.82) is 0 Å². The highest BCUT2D eigenvalue weighted by Crippen LogP contribution is 2.22. The molecule has 18 heavy (non-hydrogen) atoms. The number of nitrogens with zero attached hydrogens (tertiary/aromatic N) is 2. The van der Waals surface area contributed by atoms with Crippen LogP contribution in [0.4, 0.5) is 0 Å². The number of hydrogen-bond donors (Lipinski definition) is 1. The van der Waals surface area contributed by atoms with Gasteiger partial charge in [0.1, 0.15) is 6.33 Å². The predicted octanol–water partition coefficient (Wildman–Crippen LogP) is 3.26. The van der Waals surface area contributed by atoms with Gasteiger partial charge in [0.25, 0.3) is 0 Å². The molecule has 1 aromatic carbocycles. The van der Waals surface area contributed by atoms with E-state index in [1.165, 1.54) is 5.56 Å². The number of benzene rings is 1. The van der Waals surface area contributed by atoms with Crippen LogP contribution in [0.3, 0.4) is 0 Å². The number of rotatable bonds is 4. The average Bonchev–Trinajstić information content (AvgIpc) is 2.38. The summed E-state index contributed by atoms with van der Waals surface area (Å²) in [5.41, 5.74) is 2.25. The van der Waals surface area contributed by atoms with Crippen molar-refractivity contribution in [3.8, 4) is 0 Å². The van der Waals surface area contributed by atoms with Crippen LogP contribution in [0.5, 0.6) is 0 Å². The van der Waals surface area contributed by atoms with Crippen molar-refractivity contribution in [1.82, 2.24) is 15.3 Å². The van der Waals surface area contributed by atoms with E-state index in [0.717, 1.165) is 16.6 Å². The maximum absolute atomic E-state index is 4.01. The summed E-state index contributed by atoms with van der Waals surface area (Å²) >= 11 is 3.45. The molecule has 0 saturated carbocycles. The summed E-state index contributed by atoms with van der Waals surface area (Å²) in [6.07, 6.45) is 5.21. The molecule has 0 spiro atoms. The lowest BCUT2D eigenvalue weighted by Crippen LogP contribution is -2.35. The second-order valence-corrected chi connectivity index (χ2v) is 5.65. The van der Waals surface area contributed by atoms with Crippen molar-refractivity contribution in [2.45, 2.75) is 25.9 Å². The van der Waals surface area contributed by atoms with Gasteiger partial charge in [0.2, 0.25) is 0 Å². The minimum atomic E-state index is -0.0868. The molecule has 3 nitrogen and oxygen atoms in total. The molecular weight excluding hydrogens is 290 g/mol. The maximum Gasteiger partial charge on any atom is 0.115 e. The molecule has 4 heteroatoms. The smallest absolute Gasteiger partial charge is 0.115 e. The van der Waals surface area contributed by atoms with E-state index in [1.807, 2.05) is 12.4 Å². The van der Waals surface area contributed by atoms with Crippen LogP contribution >= 0.6 is 15.9 Å². The van der Waals surface area contributed by atoms with Gasteiger partial charge in [-0.1, -0.05) is 28.1 Å². The zero-order valence-corrected chi connectivity index (χ0v) is 12.1. The molecule has 0 bridgehead atoms. The molecule has 94 valence electrons. The van der Waals surface area contributed by atoms with Gasteiger partial charge < -0.3 is 5.32 Å². The molecule has 0 unspecified atom stereocenters. The van der Waals surface area contributed by atoms with E-state index < -0.39 is 0 Å². The Morgan fingerprint density at radius 2 is 1.72 bits per heavy atom. The van der Waals surface area contributed by atoms with E-state index in [0.29, 0.717) is 0 Å². The first-order valence-electron chi connectivity index (χ1n) is 5.83. The molecule has 1 N–H and O–H groups in total. The predicted molar refractivity (Wildman–Crippen MR) is 76.0 cm³/mol. The third kappa shape index (κ3) is 3.37. The number of aromatic nitrogens is 2. The van der Waals surface area contributed by atoms with Crippen molar-refractivity contribution in [2.24, 2.45) is 0 Å². The molecule has 0 aliphatic rings. The van der Waals surface area contributed by atoms with Crippen LogP contribution in [0.1, 0.15) is 25.0 Å². The van der Waals surface area contributed by atoms with Gasteiger partial charge in [0.05, 0.1) is 0 Å². The Bertz CT molecular complexity index is 494. The van der Waals surface area contributed by atoms with Crippen molar-refractivity contribution < 1.29 is 0 Å². The van der Waals surface area contributed by atoms with Crippen molar-refractivity contribution in [3.05, 3.63) is 58.6 Å². The first-order valence-corrected chi connectivity index (χ1v) is 6.62. The Morgan fingerprint density at radius 1 is 1.11 bits per heavy atom. The fraction of sp³-hybridized carbons (Fsp3) is 0.286. The van der Waals surface area contributed by atoms with Gasteiger partial charge in [-0.25, -0.2) is 9.97 Å². The minimum absolute atomic E-state index is 0.0868. The second-order valence-electron chi connectivity index (χ2n) is 4.73. The monoisotopic (exact) mass is 305 g/mol. The summed E-state index contributed by atoms with van der Waals surface area (Å²) in [7, 11) is 0. The minimum Gasteiger partial charge on any atom is -0.304 e. The normalized spacial score (nSPS) is 11.5. The SMILES string of the molecule is CC(C)(NCc1cncnc1)c1ccc(Br)cc1. The Balaban J connectivity index is 2.05. The van der Waals surface area contributed by atoms with Gasteiger partial charge in [-0.3, -0.25) is 0 Å². The fourth-order valence-corrected chi connectivity index (χ4v) is 1.98. The van der Waals surface area contributed by atoms with Gasteiger partial charge in [-0.15, -0.1) is 0 Å². The highest BCUT2D eigenvalue weighted by Gasteiger charge is 2.19. The van der Waals surface area contributed by atoms with E-state index in [-0.39, 0.29) is 5.54 Å². The summed E-state index contributed by atoms with van der Waals surface area (Å²) in [6.45, 7) is 5.09. The van der Waals surface area contributed by atoms with E-state index in [4.69, 9.17) is 0 Å². The molecular formula is C14H16BrN3. The van der Waals surface area contributed by atoms with Gasteiger partial charge in [0, 0.05) is 34.5 Å². The third-order valence-corrected chi connectivity index (χ3v) is 3.44. The summed E-state index contributed by atoms with van der Waals surface area (Å²) in [4.78, 5) is 8.02. The molecule has 0 fully saturated rings. The maximum atomic E-state index is 4.01. The van der Waals surface area contributed by atoms with Crippen LogP contribution in [0.2, 0.25) is 0 Å². The topological polar surface area (TPSA) is 37.8 Å². The molecule has 0 radical (unpaired) electrons. The standard InChI is InChI=1S/C14H16BrN3/c1-14(2,12-3-5-13(15)6-4-12)18-9-11-7-16-10-17-8-11/h3-8,10,18H,9H2,1-2H3. The lowest BCUT2D eigenvalue weighted by molar-refractivity contribution is 0.400. The number of nitrogens with one attached hydrogen (secondary N) is 1. The molecule has 2 aromatic rings. The zero-order chi connectivity index (χ0) is 13.0. The summed E-state index contributed by atoms with van der Waals surface area (Å²) in [5, 5.41) is 3.52. The molecule has 0 amide bonds. The van der Waals surface area contributed by atoms with E-state index >= 15 is 0 Å². The van der Waals surface area contributed by atoms with E-state index in [1.54, 1.807) is 6.33 Å². The van der Waals surface area contributed by atoms with Crippen LogP contribution in [0.15, 0.2) is 47.5 Å². The molecule has 1 aromatic heterocycles. The Labute approximate surface area is 116 Å². The van der Waals surface area contributed by atoms with Crippen LogP contribution in [-0.2, 0) is 12.1 Å². The Hall–Kier alpha value is -1.26. The molecule has 0 saturated heterocycles. The largest absolute Gasteiger partial charge is 0.304 e. The third-order valence-electron chi connectivity index (χ3n) is 2.91. The van der Waals surface area contributed by atoms with Gasteiger partial charge in [-0.05, 0) is 31.5 Å². The quantitative estimate of drug-likeness (QED) is 0.942. The van der Waals surface area contributed by atoms with Gasteiger partial charge in [0.15, 0.2) is 0 Å². The van der Waals surface area contributed by atoms with Crippen LogP contribution in [-0.4, -0.2) is 9.97 Å². The van der Waals surface area contributed by atoms with E-state index in [2.05, 4.69) is 69.3 Å². The molecule has 0 aliphatic carbocycles. The summed E-state index contributed by atoms with van der Waals surface area (Å²) in [6, 6.07) is 8.37. The Kier molecular flexibility index (Phi) is 4.09. The lowest BCUT2D eigenvalue weighted by Gasteiger charge is -2.27. The lowest BCUT2D eigenvalue weighted by atomic mass is 9.94. The van der Waals surface area contributed by atoms with Crippen LogP contribution in [0, 0.1) is 0 Å². The fourth-order valence-electron chi connectivity index (χ4n) is 1.71. The van der Waals surface area contributed by atoms with Crippen LogP contribution < -0.4 is 5.32 Å². The second kappa shape index (κ2) is 5.59. The molecule has 1 heterocycles.